The Hall–Kier alpha value is -1.20. The normalized spacial score (nSPS) is 12.8. The van der Waals surface area contributed by atoms with Crippen LogP contribution in [0.2, 0.25) is 0 Å². The zero-order chi connectivity index (χ0) is 12.7. The van der Waals surface area contributed by atoms with E-state index in [4.69, 9.17) is 4.74 Å². The average molecular weight is 246 g/mol. The number of aliphatic hydroxyl groups excluding tert-OH is 1. The second kappa shape index (κ2) is 7.19. The number of hydrogen-bond acceptors (Lipinski definition) is 3. The summed E-state index contributed by atoms with van der Waals surface area (Å²) in [6.07, 6.45) is -3.49. The van der Waals surface area contributed by atoms with Crippen LogP contribution in [-0.2, 0) is 4.74 Å². The predicted molar refractivity (Wildman–Crippen MR) is 59.4 cm³/mol. The summed E-state index contributed by atoms with van der Waals surface area (Å²) >= 11 is 0. The summed E-state index contributed by atoms with van der Waals surface area (Å²) in [7, 11) is 0. The molecule has 0 aliphatic carbocycles. The summed E-state index contributed by atoms with van der Waals surface area (Å²) in [5.74, 6) is 0.545. The van der Waals surface area contributed by atoms with Crippen LogP contribution in [0.4, 0.5) is 8.78 Å². The number of halogens is 2. The lowest BCUT2D eigenvalue weighted by molar-refractivity contribution is -0.0209. The van der Waals surface area contributed by atoms with Gasteiger partial charge in [-0.15, -0.1) is 0 Å². The van der Waals surface area contributed by atoms with E-state index in [0.29, 0.717) is 17.9 Å². The monoisotopic (exact) mass is 246 g/mol. The fourth-order valence-electron chi connectivity index (χ4n) is 1.40. The molecule has 0 aromatic heterocycles. The summed E-state index contributed by atoms with van der Waals surface area (Å²) in [5, 5.41) is 9.79. The quantitative estimate of drug-likeness (QED) is 0.803. The van der Waals surface area contributed by atoms with Gasteiger partial charge in [-0.3, -0.25) is 0 Å². The van der Waals surface area contributed by atoms with Gasteiger partial charge in [-0.2, -0.15) is 0 Å². The number of rotatable bonds is 7. The molecule has 0 fully saturated rings. The number of alkyl halides is 2. The number of ether oxygens (including phenoxy) is 2. The second-order valence-electron chi connectivity index (χ2n) is 3.42. The lowest BCUT2D eigenvalue weighted by Crippen LogP contribution is -2.12. The number of aliphatic hydroxyl groups is 1. The third-order valence-electron chi connectivity index (χ3n) is 2.10. The Balaban J connectivity index is 2.58. The van der Waals surface area contributed by atoms with Gasteiger partial charge < -0.3 is 14.6 Å². The highest BCUT2D eigenvalue weighted by molar-refractivity contribution is 5.35. The van der Waals surface area contributed by atoms with Gasteiger partial charge in [0.1, 0.15) is 18.5 Å². The van der Waals surface area contributed by atoms with Gasteiger partial charge in [0.15, 0.2) is 0 Å². The van der Waals surface area contributed by atoms with Crippen LogP contribution in [0.1, 0.15) is 18.6 Å². The lowest BCUT2D eigenvalue weighted by Gasteiger charge is -2.15. The van der Waals surface area contributed by atoms with Crippen molar-refractivity contribution in [1.82, 2.24) is 0 Å². The van der Waals surface area contributed by atoms with Crippen molar-refractivity contribution in [2.45, 2.75) is 19.5 Å². The second-order valence-corrected chi connectivity index (χ2v) is 3.42. The van der Waals surface area contributed by atoms with Gasteiger partial charge in [0.2, 0.25) is 0 Å². The minimum Gasteiger partial charge on any atom is -0.493 e. The molecular formula is C12H16F2O3. The van der Waals surface area contributed by atoms with Crippen molar-refractivity contribution < 1.29 is 23.4 Å². The molecule has 5 heteroatoms. The van der Waals surface area contributed by atoms with Crippen molar-refractivity contribution in [2.24, 2.45) is 0 Å². The maximum absolute atomic E-state index is 11.9. The molecule has 3 nitrogen and oxygen atoms in total. The van der Waals surface area contributed by atoms with E-state index in [-0.39, 0.29) is 6.61 Å². The molecule has 17 heavy (non-hydrogen) atoms. The molecule has 0 saturated carbocycles. The van der Waals surface area contributed by atoms with Crippen LogP contribution in [0.3, 0.4) is 0 Å². The molecule has 1 unspecified atom stereocenters. The molecule has 0 spiro atoms. The maximum Gasteiger partial charge on any atom is 0.261 e. The highest BCUT2D eigenvalue weighted by Crippen LogP contribution is 2.25. The lowest BCUT2D eigenvalue weighted by atomic mass is 10.1. The van der Waals surface area contributed by atoms with Gasteiger partial charge in [-0.25, -0.2) is 8.78 Å². The molecule has 0 aliphatic heterocycles. The molecule has 1 aromatic carbocycles. The topological polar surface area (TPSA) is 38.7 Å². The Morgan fingerprint density at radius 2 is 1.94 bits per heavy atom. The van der Waals surface area contributed by atoms with E-state index < -0.39 is 19.1 Å². The molecule has 0 bridgehead atoms. The molecule has 0 heterocycles. The molecule has 1 rings (SSSR count). The molecule has 96 valence electrons. The van der Waals surface area contributed by atoms with Crippen molar-refractivity contribution in [2.75, 3.05) is 19.8 Å². The van der Waals surface area contributed by atoms with Crippen LogP contribution in [-0.4, -0.2) is 31.4 Å². The van der Waals surface area contributed by atoms with Crippen molar-refractivity contribution in [3.05, 3.63) is 29.8 Å². The van der Waals surface area contributed by atoms with Crippen molar-refractivity contribution in [3.63, 3.8) is 0 Å². The van der Waals surface area contributed by atoms with E-state index in [1.54, 1.807) is 24.3 Å². The first-order valence-electron chi connectivity index (χ1n) is 5.40. The minimum atomic E-state index is -2.52. The summed E-state index contributed by atoms with van der Waals surface area (Å²) < 4.78 is 33.7. The van der Waals surface area contributed by atoms with Crippen LogP contribution in [0.15, 0.2) is 24.3 Å². The van der Waals surface area contributed by atoms with Crippen LogP contribution >= 0.6 is 0 Å². The van der Waals surface area contributed by atoms with E-state index in [1.807, 2.05) is 6.92 Å². The predicted octanol–water partition coefficient (Wildman–Crippen LogP) is 2.40. The zero-order valence-electron chi connectivity index (χ0n) is 9.61. The van der Waals surface area contributed by atoms with Crippen LogP contribution < -0.4 is 4.74 Å². The average Bonchev–Trinajstić information content (AvgIpc) is 2.29. The summed E-state index contributed by atoms with van der Waals surface area (Å²) in [6, 6.07) is 6.92. The Morgan fingerprint density at radius 1 is 1.24 bits per heavy atom. The third-order valence-corrected chi connectivity index (χ3v) is 2.10. The fraction of sp³-hybridized carbons (Fsp3) is 0.500. The summed E-state index contributed by atoms with van der Waals surface area (Å²) in [4.78, 5) is 0. The van der Waals surface area contributed by atoms with Gasteiger partial charge in [-0.1, -0.05) is 18.2 Å². The summed E-state index contributed by atoms with van der Waals surface area (Å²) in [6.45, 7) is 1.46. The van der Waals surface area contributed by atoms with E-state index in [0.717, 1.165) is 0 Å². The van der Waals surface area contributed by atoms with Crippen molar-refractivity contribution in [1.29, 1.82) is 0 Å². The van der Waals surface area contributed by atoms with Gasteiger partial charge >= 0.3 is 0 Å². The van der Waals surface area contributed by atoms with E-state index >= 15 is 0 Å². The number of para-hydroxylation sites is 1. The Morgan fingerprint density at radius 3 is 2.59 bits per heavy atom. The maximum atomic E-state index is 11.9. The Bertz CT molecular complexity index is 331. The first-order valence-corrected chi connectivity index (χ1v) is 5.40. The van der Waals surface area contributed by atoms with Gasteiger partial charge in [0.25, 0.3) is 6.43 Å². The first kappa shape index (κ1) is 13.9. The largest absolute Gasteiger partial charge is 0.493 e. The van der Waals surface area contributed by atoms with Crippen molar-refractivity contribution in [3.8, 4) is 5.75 Å². The van der Waals surface area contributed by atoms with Crippen molar-refractivity contribution >= 4 is 0 Å². The van der Waals surface area contributed by atoms with Gasteiger partial charge in [0.05, 0.1) is 13.2 Å². The van der Waals surface area contributed by atoms with Crippen LogP contribution in [0.25, 0.3) is 0 Å². The first-order chi connectivity index (χ1) is 8.15. The summed E-state index contributed by atoms with van der Waals surface area (Å²) in [5.41, 5.74) is 0.545. The molecule has 1 aromatic rings. The SMILES string of the molecule is CCOc1ccccc1C(O)COCC(F)F. The Labute approximate surface area is 99.0 Å². The van der Waals surface area contributed by atoms with Crippen LogP contribution in [0, 0.1) is 0 Å². The molecule has 0 radical (unpaired) electrons. The number of benzene rings is 1. The van der Waals surface area contributed by atoms with E-state index in [1.165, 1.54) is 0 Å². The fourth-order valence-corrected chi connectivity index (χ4v) is 1.40. The van der Waals surface area contributed by atoms with Gasteiger partial charge in [0, 0.05) is 5.56 Å². The molecule has 0 aliphatic rings. The third kappa shape index (κ3) is 4.66. The molecule has 0 saturated heterocycles. The smallest absolute Gasteiger partial charge is 0.261 e. The highest BCUT2D eigenvalue weighted by atomic mass is 19.3. The molecule has 0 amide bonds. The molecular weight excluding hydrogens is 230 g/mol. The van der Waals surface area contributed by atoms with Crippen LogP contribution in [0.5, 0.6) is 5.75 Å². The minimum absolute atomic E-state index is 0.172. The molecule has 1 atom stereocenters. The van der Waals surface area contributed by atoms with Gasteiger partial charge in [-0.05, 0) is 13.0 Å². The van der Waals surface area contributed by atoms with E-state index in [2.05, 4.69) is 4.74 Å². The zero-order valence-corrected chi connectivity index (χ0v) is 9.61. The Kier molecular flexibility index (Phi) is 5.86. The highest BCUT2D eigenvalue weighted by Gasteiger charge is 2.14. The standard InChI is InChI=1S/C12H16F2O3/c1-2-17-11-6-4-3-5-9(11)10(15)7-16-8-12(13)14/h3-6,10,12,15H,2,7-8H2,1H3. The van der Waals surface area contributed by atoms with E-state index in [9.17, 15) is 13.9 Å². The molecule has 1 N–H and O–H groups in total. The number of hydrogen-bond donors (Lipinski definition) is 1.